The summed E-state index contributed by atoms with van der Waals surface area (Å²) in [5, 5.41) is 21.1. The lowest BCUT2D eigenvalue weighted by Crippen LogP contribution is -2.40. The SMILES string of the molecule is CC(C)(C)OC(=O)N[C@@H](CCO)Cc1cc(F)c(F)cc1F.CO.CSCC[C@@H](Cc1cc(F)c(F)cc1F)NC(=O)OC(C)(C)C. The molecule has 0 aliphatic carbocycles. The van der Waals surface area contributed by atoms with Gasteiger partial charge in [0.05, 0.1) is 0 Å². The maximum absolute atomic E-state index is 13.8. The van der Waals surface area contributed by atoms with E-state index < -0.39 is 70.4 Å². The third-order valence-corrected chi connectivity index (χ3v) is 6.34. The monoisotopic (exact) mass is 700 g/mol. The van der Waals surface area contributed by atoms with E-state index in [1.807, 2.05) is 6.26 Å². The lowest BCUT2D eigenvalue weighted by Gasteiger charge is -2.24. The minimum atomic E-state index is -1.28. The van der Waals surface area contributed by atoms with E-state index in [1.54, 1.807) is 53.3 Å². The summed E-state index contributed by atoms with van der Waals surface area (Å²) >= 11 is 1.57. The Morgan fingerprint density at radius 2 is 1.02 bits per heavy atom. The Morgan fingerprint density at radius 1 is 0.681 bits per heavy atom. The third-order valence-electron chi connectivity index (χ3n) is 5.70. The lowest BCUT2D eigenvalue weighted by molar-refractivity contribution is 0.0487. The number of hydrogen-bond acceptors (Lipinski definition) is 7. The molecule has 0 bridgehead atoms. The number of aliphatic hydroxyl groups excluding tert-OH is 2. The number of rotatable bonds is 11. The van der Waals surface area contributed by atoms with Crippen LogP contribution in [0, 0.1) is 34.9 Å². The number of alkyl carbamates (subject to hydrolysis) is 2. The molecule has 0 aliphatic rings. The fraction of sp³-hybridized carbons (Fsp3) is 0.562. The van der Waals surface area contributed by atoms with Crippen LogP contribution in [0.5, 0.6) is 0 Å². The molecule has 2 aromatic carbocycles. The van der Waals surface area contributed by atoms with Crippen molar-refractivity contribution in [1.29, 1.82) is 0 Å². The van der Waals surface area contributed by atoms with E-state index in [0.29, 0.717) is 18.6 Å². The number of nitrogens with one attached hydrogen (secondary N) is 2. The molecule has 0 aliphatic heterocycles. The van der Waals surface area contributed by atoms with Gasteiger partial charge in [-0.3, -0.25) is 0 Å². The van der Waals surface area contributed by atoms with Crippen LogP contribution in [0.25, 0.3) is 0 Å². The van der Waals surface area contributed by atoms with Crippen molar-refractivity contribution in [2.45, 2.75) is 90.5 Å². The van der Waals surface area contributed by atoms with Crippen LogP contribution < -0.4 is 10.6 Å². The number of aliphatic hydroxyl groups is 2. The third kappa shape index (κ3) is 18.7. The van der Waals surface area contributed by atoms with Gasteiger partial charge in [0.15, 0.2) is 23.3 Å². The minimum Gasteiger partial charge on any atom is -0.444 e. The molecule has 0 heterocycles. The van der Waals surface area contributed by atoms with Crippen molar-refractivity contribution in [1.82, 2.24) is 10.6 Å². The quantitative estimate of drug-likeness (QED) is 0.150. The first kappa shape index (κ1) is 43.8. The standard InChI is InChI=1S/C16H22F3NO2S.C15H20F3NO3.CH4O/c1-16(2,3)22-15(21)20-11(5-6-23-4)7-10-8-13(18)14(19)9-12(10)17;1-15(2,3)22-14(21)19-10(4-5-20)6-9-7-12(17)13(18)8-11(9)16;1-2/h8-9,11H,5-7H2,1-4H3,(H,20,21);7-8,10,20H,4-6H2,1-3H3,(H,19,21);2H,1H3/t11-;10-;/m00./s1. The zero-order chi connectivity index (χ0) is 36.5. The number of carbonyl (C=O) groups is 2. The Balaban J connectivity index is 0.000000856. The molecule has 0 aromatic heterocycles. The van der Waals surface area contributed by atoms with Gasteiger partial charge < -0.3 is 30.3 Å². The topological polar surface area (TPSA) is 117 Å². The summed E-state index contributed by atoms with van der Waals surface area (Å²) in [5.41, 5.74) is -1.43. The number of carbonyl (C=O) groups excluding carboxylic acids is 2. The van der Waals surface area contributed by atoms with Crippen molar-refractivity contribution in [3.63, 3.8) is 0 Å². The molecule has 268 valence electrons. The summed E-state index contributed by atoms with van der Waals surface area (Å²) in [6.07, 6.45) is 1.20. The summed E-state index contributed by atoms with van der Waals surface area (Å²) in [4.78, 5) is 23.6. The minimum absolute atomic E-state index is 0.0195. The number of hydrogen-bond donors (Lipinski definition) is 4. The van der Waals surface area contributed by atoms with Crippen LogP contribution in [-0.4, -0.2) is 71.4 Å². The fourth-order valence-electron chi connectivity index (χ4n) is 3.79. The smallest absolute Gasteiger partial charge is 0.407 e. The molecule has 15 heteroatoms. The lowest BCUT2D eigenvalue weighted by atomic mass is 10.0. The van der Waals surface area contributed by atoms with Gasteiger partial charge in [-0.2, -0.15) is 11.8 Å². The molecule has 0 unspecified atom stereocenters. The summed E-state index contributed by atoms with van der Waals surface area (Å²) in [5.74, 6) is -5.80. The molecule has 2 atom stereocenters. The van der Waals surface area contributed by atoms with Crippen molar-refractivity contribution in [3.8, 4) is 0 Å². The summed E-state index contributed by atoms with van der Waals surface area (Å²) < 4.78 is 90.0. The normalized spacial score (nSPS) is 12.4. The van der Waals surface area contributed by atoms with Gasteiger partial charge in [-0.1, -0.05) is 0 Å². The van der Waals surface area contributed by atoms with Crippen LogP contribution in [0.3, 0.4) is 0 Å². The molecule has 2 amide bonds. The average molecular weight is 701 g/mol. The van der Waals surface area contributed by atoms with Gasteiger partial charge >= 0.3 is 12.2 Å². The van der Waals surface area contributed by atoms with Crippen LogP contribution in [0.1, 0.15) is 65.5 Å². The van der Waals surface area contributed by atoms with Gasteiger partial charge in [-0.15, -0.1) is 0 Å². The zero-order valence-electron chi connectivity index (χ0n) is 27.9. The fourth-order valence-corrected chi connectivity index (χ4v) is 4.31. The van der Waals surface area contributed by atoms with Crippen molar-refractivity contribution in [3.05, 3.63) is 70.3 Å². The molecular weight excluding hydrogens is 654 g/mol. The van der Waals surface area contributed by atoms with E-state index in [-0.39, 0.29) is 37.0 Å². The number of amides is 2. The molecule has 0 radical (unpaired) electrons. The molecule has 0 fully saturated rings. The molecule has 2 rings (SSSR count). The van der Waals surface area contributed by atoms with Crippen molar-refractivity contribution >= 4 is 23.9 Å². The first-order valence-electron chi connectivity index (χ1n) is 14.5. The van der Waals surface area contributed by atoms with E-state index in [4.69, 9.17) is 19.7 Å². The highest BCUT2D eigenvalue weighted by Gasteiger charge is 2.23. The zero-order valence-corrected chi connectivity index (χ0v) is 28.7. The van der Waals surface area contributed by atoms with E-state index in [9.17, 15) is 35.9 Å². The predicted octanol–water partition coefficient (Wildman–Crippen LogP) is 6.82. The molecule has 0 saturated carbocycles. The van der Waals surface area contributed by atoms with E-state index in [2.05, 4.69) is 10.6 Å². The summed E-state index contributed by atoms with van der Waals surface area (Å²) in [6.45, 7) is 10.00. The number of ether oxygens (including phenoxy) is 2. The van der Waals surface area contributed by atoms with Crippen LogP contribution in [0.15, 0.2) is 24.3 Å². The summed E-state index contributed by atoms with van der Waals surface area (Å²) in [6, 6.07) is 1.44. The highest BCUT2D eigenvalue weighted by Crippen LogP contribution is 2.19. The first-order chi connectivity index (χ1) is 21.7. The Bertz CT molecular complexity index is 1270. The van der Waals surface area contributed by atoms with Gasteiger partial charge in [0.2, 0.25) is 0 Å². The number of thioether (sulfide) groups is 1. The van der Waals surface area contributed by atoms with Gasteiger partial charge in [-0.05, 0) is 102 Å². The Hall–Kier alpha value is -3.17. The van der Waals surface area contributed by atoms with Crippen molar-refractivity contribution < 1.29 is 55.6 Å². The Labute approximate surface area is 276 Å². The van der Waals surface area contributed by atoms with Crippen molar-refractivity contribution in [2.24, 2.45) is 0 Å². The molecule has 8 nitrogen and oxygen atoms in total. The molecule has 4 N–H and O–H groups in total. The number of benzene rings is 2. The van der Waals surface area contributed by atoms with Gasteiger partial charge in [0.1, 0.15) is 22.8 Å². The Morgan fingerprint density at radius 3 is 1.34 bits per heavy atom. The van der Waals surface area contributed by atoms with Crippen molar-refractivity contribution in [2.75, 3.05) is 25.7 Å². The molecule has 47 heavy (non-hydrogen) atoms. The Kier molecular flexibility index (Phi) is 19.5. The second-order valence-corrected chi connectivity index (χ2v) is 13.1. The second kappa shape index (κ2) is 20.9. The maximum atomic E-state index is 13.8. The number of halogens is 6. The maximum Gasteiger partial charge on any atom is 0.407 e. The van der Waals surface area contributed by atoms with Crippen LogP contribution in [0.4, 0.5) is 35.9 Å². The van der Waals surface area contributed by atoms with Gasteiger partial charge in [-0.25, -0.2) is 35.9 Å². The second-order valence-electron chi connectivity index (χ2n) is 12.1. The van der Waals surface area contributed by atoms with Crippen LogP contribution in [0.2, 0.25) is 0 Å². The van der Waals surface area contributed by atoms with Crippen LogP contribution in [-0.2, 0) is 22.3 Å². The van der Waals surface area contributed by atoms with E-state index in [0.717, 1.165) is 25.0 Å². The highest BCUT2D eigenvalue weighted by molar-refractivity contribution is 7.98. The van der Waals surface area contributed by atoms with E-state index in [1.165, 1.54) is 0 Å². The predicted molar refractivity (Wildman–Crippen MR) is 169 cm³/mol. The summed E-state index contributed by atoms with van der Waals surface area (Å²) in [7, 11) is 1.00. The van der Waals surface area contributed by atoms with Gasteiger partial charge in [0, 0.05) is 37.9 Å². The first-order valence-corrected chi connectivity index (χ1v) is 15.9. The molecule has 0 spiro atoms. The van der Waals surface area contributed by atoms with Crippen LogP contribution >= 0.6 is 11.8 Å². The van der Waals surface area contributed by atoms with Gasteiger partial charge in [0.25, 0.3) is 0 Å². The molecule has 0 saturated heterocycles. The molecular formula is C32H46F6N2O6S. The molecule has 2 aromatic rings. The average Bonchev–Trinajstić information content (AvgIpc) is 2.92. The largest absolute Gasteiger partial charge is 0.444 e. The highest BCUT2D eigenvalue weighted by atomic mass is 32.2. The van der Waals surface area contributed by atoms with E-state index >= 15 is 0 Å².